The standard InChI is InChI=1S/C31H34N4O4/c1-22-19-35(23(2)21-36)31(38)27-15-25(12-7-11-24-9-5-4-6-10-24)18-33-30(27)39-28(22)20-34(3)29(37)16-26-13-8-14-32-17-26/h4-6,8-10,13-15,17-18,22-23,28,36H,11,16,19-21H2,1-3H3/t22-,23+,28+/m1/s1. The van der Waals surface area contributed by atoms with Gasteiger partial charge in [-0.15, -0.1) is 0 Å². The molecule has 8 heteroatoms. The molecule has 3 heterocycles. The van der Waals surface area contributed by atoms with Crippen molar-refractivity contribution in [1.29, 1.82) is 0 Å². The van der Waals surface area contributed by atoms with E-state index in [9.17, 15) is 14.7 Å². The average molecular weight is 527 g/mol. The Morgan fingerprint density at radius 1 is 1.21 bits per heavy atom. The van der Waals surface area contributed by atoms with Gasteiger partial charge in [-0.3, -0.25) is 14.6 Å². The Kier molecular flexibility index (Phi) is 9.29. The van der Waals surface area contributed by atoms with Crippen LogP contribution in [0.15, 0.2) is 67.1 Å². The topological polar surface area (TPSA) is 95.9 Å². The van der Waals surface area contributed by atoms with Gasteiger partial charge in [-0.05, 0) is 30.2 Å². The molecule has 0 bridgehead atoms. The van der Waals surface area contributed by atoms with Crippen molar-refractivity contribution in [3.8, 4) is 17.7 Å². The van der Waals surface area contributed by atoms with Crippen LogP contribution in [0.25, 0.3) is 0 Å². The summed E-state index contributed by atoms with van der Waals surface area (Å²) in [4.78, 5) is 38.4. The van der Waals surface area contributed by atoms with E-state index in [1.807, 2.05) is 50.2 Å². The molecule has 3 aromatic rings. The number of aromatic nitrogens is 2. The van der Waals surface area contributed by atoms with Crippen LogP contribution in [0, 0.1) is 17.8 Å². The third kappa shape index (κ3) is 7.21. The molecule has 1 aliphatic heterocycles. The summed E-state index contributed by atoms with van der Waals surface area (Å²) in [6.45, 7) is 4.28. The summed E-state index contributed by atoms with van der Waals surface area (Å²) >= 11 is 0. The van der Waals surface area contributed by atoms with Crippen molar-refractivity contribution in [2.75, 3.05) is 26.7 Å². The number of nitrogens with zero attached hydrogens (tertiary/aromatic N) is 4. The first-order valence-electron chi connectivity index (χ1n) is 13.1. The van der Waals surface area contributed by atoms with Crippen molar-refractivity contribution in [3.63, 3.8) is 0 Å². The molecule has 1 aromatic carbocycles. The molecule has 0 aliphatic carbocycles. The predicted octanol–water partition coefficient (Wildman–Crippen LogP) is 2.99. The summed E-state index contributed by atoms with van der Waals surface area (Å²) in [5.41, 5.74) is 2.84. The van der Waals surface area contributed by atoms with E-state index in [2.05, 4.69) is 21.8 Å². The first-order valence-corrected chi connectivity index (χ1v) is 13.1. The maximum absolute atomic E-state index is 13.6. The Bertz CT molecular complexity index is 1340. The van der Waals surface area contributed by atoms with E-state index in [0.717, 1.165) is 11.1 Å². The molecule has 0 saturated carbocycles. The Morgan fingerprint density at radius 2 is 1.97 bits per heavy atom. The SMILES string of the molecule is C[C@@H]1CN([C@@H](C)CO)C(=O)c2cc(C#CCc3ccccc3)cnc2O[C@H]1CN(C)C(=O)Cc1cccnc1. The molecule has 8 nitrogen and oxygen atoms in total. The van der Waals surface area contributed by atoms with E-state index < -0.39 is 12.1 Å². The normalized spacial score (nSPS) is 17.5. The number of aliphatic hydroxyl groups is 1. The summed E-state index contributed by atoms with van der Waals surface area (Å²) < 4.78 is 6.31. The summed E-state index contributed by atoms with van der Waals surface area (Å²) in [6, 6.07) is 14.9. The number of aliphatic hydroxyl groups excluding tert-OH is 1. The smallest absolute Gasteiger partial charge is 0.259 e. The number of ether oxygens (including phenoxy) is 1. The molecule has 39 heavy (non-hydrogen) atoms. The number of pyridine rings is 2. The molecule has 4 rings (SSSR count). The second-order valence-corrected chi connectivity index (χ2v) is 9.98. The van der Waals surface area contributed by atoms with E-state index >= 15 is 0 Å². The van der Waals surface area contributed by atoms with Crippen molar-refractivity contribution < 1.29 is 19.4 Å². The van der Waals surface area contributed by atoms with Crippen molar-refractivity contribution >= 4 is 11.8 Å². The van der Waals surface area contributed by atoms with Gasteiger partial charge in [0.25, 0.3) is 5.91 Å². The number of hydrogen-bond donors (Lipinski definition) is 1. The van der Waals surface area contributed by atoms with Gasteiger partial charge in [0.15, 0.2) is 0 Å². The lowest BCUT2D eigenvalue weighted by Crippen LogP contribution is -2.50. The number of fused-ring (bicyclic) bond motifs is 1. The molecule has 0 saturated heterocycles. The number of carbonyl (C=O) groups excluding carboxylic acids is 2. The Morgan fingerprint density at radius 3 is 2.69 bits per heavy atom. The van der Waals surface area contributed by atoms with Gasteiger partial charge in [0, 0.05) is 50.1 Å². The third-order valence-corrected chi connectivity index (χ3v) is 6.85. The first kappa shape index (κ1) is 27.8. The van der Waals surface area contributed by atoms with Crippen LogP contribution in [-0.2, 0) is 17.6 Å². The molecule has 0 spiro atoms. The van der Waals surface area contributed by atoms with Crippen LogP contribution in [0.5, 0.6) is 5.88 Å². The fourth-order valence-electron chi connectivity index (χ4n) is 4.42. The Hall–Kier alpha value is -4.22. The number of benzene rings is 1. The quantitative estimate of drug-likeness (QED) is 0.476. The molecule has 202 valence electrons. The van der Waals surface area contributed by atoms with Crippen molar-refractivity contribution in [1.82, 2.24) is 19.8 Å². The third-order valence-electron chi connectivity index (χ3n) is 6.85. The lowest BCUT2D eigenvalue weighted by Gasteiger charge is -2.37. The first-order chi connectivity index (χ1) is 18.9. The van der Waals surface area contributed by atoms with Crippen LogP contribution in [0.3, 0.4) is 0 Å². The number of likely N-dealkylation sites (N-methyl/N-ethyl adjacent to an activating group) is 1. The molecule has 0 unspecified atom stereocenters. The highest BCUT2D eigenvalue weighted by atomic mass is 16.5. The summed E-state index contributed by atoms with van der Waals surface area (Å²) in [6.07, 6.45) is 5.35. The largest absolute Gasteiger partial charge is 0.472 e. The van der Waals surface area contributed by atoms with Gasteiger partial charge in [-0.1, -0.05) is 55.2 Å². The van der Waals surface area contributed by atoms with Crippen LogP contribution in [0.4, 0.5) is 0 Å². The van der Waals surface area contributed by atoms with Crippen LogP contribution < -0.4 is 4.74 Å². The van der Waals surface area contributed by atoms with E-state index in [-0.39, 0.29) is 36.6 Å². The van der Waals surface area contributed by atoms with Crippen molar-refractivity contribution in [2.45, 2.75) is 38.8 Å². The molecule has 2 amide bonds. The maximum Gasteiger partial charge on any atom is 0.259 e. The summed E-state index contributed by atoms with van der Waals surface area (Å²) in [5, 5.41) is 9.88. The highest BCUT2D eigenvalue weighted by molar-refractivity contribution is 5.97. The molecular formula is C31H34N4O4. The minimum absolute atomic E-state index is 0.0604. The number of hydrogen-bond acceptors (Lipinski definition) is 6. The van der Waals surface area contributed by atoms with E-state index in [1.165, 1.54) is 0 Å². The van der Waals surface area contributed by atoms with Crippen LogP contribution in [0.2, 0.25) is 0 Å². The summed E-state index contributed by atoms with van der Waals surface area (Å²) in [7, 11) is 1.74. The number of amides is 2. The number of rotatable bonds is 7. The number of carbonyl (C=O) groups is 2. The average Bonchev–Trinajstić information content (AvgIpc) is 2.95. The molecule has 2 aromatic heterocycles. The van der Waals surface area contributed by atoms with Crippen LogP contribution in [-0.4, -0.2) is 75.6 Å². The zero-order valence-corrected chi connectivity index (χ0v) is 22.6. The van der Waals surface area contributed by atoms with Gasteiger partial charge in [0.1, 0.15) is 11.7 Å². The van der Waals surface area contributed by atoms with E-state index in [4.69, 9.17) is 4.74 Å². The molecule has 0 radical (unpaired) electrons. The second-order valence-electron chi connectivity index (χ2n) is 9.98. The van der Waals surface area contributed by atoms with Gasteiger partial charge in [0.05, 0.1) is 25.6 Å². The Balaban J connectivity index is 1.57. The van der Waals surface area contributed by atoms with Crippen molar-refractivity contribution in [3.05, 3.63) is 89.4 Å². The van der Waals surface area contributed by atoms with Gasteiger partial charge in [-0.2, -0.15) is 0 Å². The zero-order chi connectivity index (χ0) is 27.8. The minimum Gasteiger partial charge on any atom is -0.472 e. The highest BCUT2D eigenvalue weighted by Gasteiger charge is 2.34. The second kappa shape index (κ2) is 13.0. The van der Waals surface area contributed by atoms with Crippen LogP contribution in [0.1, 0.15) is 40.9 Å². The molecule has 1 aliphatic rings. The van der Waals surface area contributed by atoms with E-state index in [1.54, 1.807) is 47.6 Å². The molecule has 1 N–H and O–H groups in total. The lowest BCUT2D eigenvalue weighted by atomic mass is 9.99. The summed E-state index contributed by atoms with van der Waals surface area (Å²) in [5.74, 6) is 5.99. The zero-order valence-electron chi connectivity index (χ0n) is 22.6. The Labute approximate surface area is 229 Å². The van der Waals surface area contributed by atoms with Gasteiger partial charge in [-0.25, -0.2) is 4.98 Å². The maximum atomic E-state index is 13.6. The molecule has 0 fully saturated rings. The monoisotopic (exact) mass is 526 g/mol. The molecule has 3 atom stereocenters. The molecular weight excluding hydrogens is 492 g/mol. The van der Waals surface area contributed by atoms with Gasteiger partial charge >= 0.3 is 0 Å². The van der Waals surface area contributed by atoms with Crippen LogP contribution >= 0.6 is 0 Å². The van der Waals surface area contributed by atoms with Crippen molar-refractivity contribution in [2.24, 2.45) is 5.92 Å². The lowest BCUT2D eigenvalue weighted by molar-refractivity contribution is -0.130. The fraction of sp³-hybridized carbons (Fsp3) is 0.355. The fourth-order valence-corrected chi connectivity index (χ4v) is 4.42. The predicted molar refractivity (Wildman–Crippen MR) is 148 cm³/mol. The van der Waals surface area contributed by atoms with Gasteiger partial charge in [0.2, 0.25) is 11.8 Å². The highest BCUT2D eigenvalue weighted by Crippen LogP contribution is 2.27. The van der Waals surface area contributed by atoms with Gasteiger partial charge < -0.3 is 19.6 Å². The minimum atomic E-state index is -0.421. The van der Waals surface area contributed by atoms with E-state index in [0.29, 0.717) is 30.6 Å².